The van der Waals surface area contributed by atoms with Crippen molar-refractivity contribution < 1.29 is 14.6 Å². The summed E-state index contributed by atoms with van der Waals surface area (Å²) in [5.74, 6) is -0.0919. The molecule has 2 heterocycles. The molecular formula is C8H8ClN5O4S. The van der Waals surface area contributed by atoms with Gasteiger partial charge in [0.25, 0.3) is 5.96 Å². The van der Waals surface area contributed by atoms with E-state index in [0.29, 0.717) is 9.34 Å². The number of ether oxygens (including phenoxy) is 1. The molecule has 19 heavy (non-hydrogen) atoms. The molecule has 0 aromatic carbocycles. The van der Waals surface area contributed by atoms with Gasteiger partial charge in [-0.15, -0.1) is 11.3 Å². The third kappa shape index (κ3) is 3.09. The van der Waals surface area contributed by atoms with Gasteiger partial charge in [0.1, 0.15) is 5.10 Å². The molecule has 2 rings (SSSR count). The lowest BCUT2D eigenvalue weighted by Crippen LogP contribution is -2.52. The van der Waals surface area contributed by atoms with Crippen LogP contribution >= 0.6 is 22.9 Å². The number of hydrazone groups is 1. The van der Waals surface area contributed by atoms with E-state index in [1.807, 2.05) is 0 Å². The van der Waals surface area contributed by atoms with Crippen molar-refractivity contribution in [3.05, 3.63) is 25.7 Å². The van der Waals surface area contributed by atoms with Crippen LogP contribution in [0.5, 0.6) is 0 Å². The number of rotatable bonds is 3. The number of nitro groups is 1. The highest BCUT2D eigenvalue weighted by atomic mass is 35.5. The van der Waals surface area contributed by atoms with Crippen molar-refractivity contribution in [3.8, 4) is 0 Å². The van der Waals surface area contributed by atoms with Gasteiger partial charge in [0.05, 0.1) is 6.54 Å². The van der Waals surface area contributed by atoms with Gasteiger partial charge >= 0.3 is 6.09 Å². The second-order valence-corrected chi connectivity index (χ2v) is 5.24. The van der Waals surface area contributed by atoms with E-state index in [1.165, 1.54) is 29.5 Å². The average molecular weight is 306 g/mol. The Kier molecular flexibility index (Phi) is 3.81. The second-order valence-electron chi connectivity index (χ2n) is 3.54. The van der Waals surface area contributed by atoms with Crippen LogP contribution in [0, 0.1) is 10.1 Å². The van der Waals surface area contributed by atoms with Gasteiger partial charge in [-0.25, -0.2) is 24.8 Å². The lowest BCUT2D eigenvalue weighted by atomic mass is 10.4. The van der Waals surface area contributed by atoms with E-state index in [2.05, 4.69) is 10.1 Å². The lowest BCUT2D eigenvalue weighted by molar-refractivity contribution is -0.486. The molecule has 0 spiro atoms. The van der Waals surface area contributed by atoms with Crippen LogP contribution in [0.1, 0.15) is 4.88 Å². The zero-order chi connectivity index (χ0) is 14.0. The maximum absolute atomic E-state index is 11.7. The summed E-state index contributed by atoms with van der Waals surface area (Å²) >= 11 is 6.85. The molecule has 1 aromatic heterocycles. The quantitative estimate of drug-likeness (QED) is 0.614. The summed E-state index contributed by atoms with van der Waals surface area (Å²) in [6, 6.07) is 0. The molecule has 0 N–H and O–H groups in total. The van der Waals surface area contributed by atoms with Crippen LogP contribution in [0.4, 0.5) is 4.79 Å². The smallest absolute Gasteiger partial charge is 0.418 e. The molecule has 0 saturated carbocycles. The highest BCUT2D eigenvalue weighted by molar-refractivity contribution is 7.15. The number of aromatic nitrogens is 1. The average Bonchev–Trinajstić information content (AvgIpc) is 2.74. The summed E-state index contributed by atoms with van der Waals surface area (Å²) in [4.78, 5) is 29.1. The number of hydrogen-bond donors (Lipinski definition) is 0. The summed E-state index contributed by atoms with van der Waals surface area (Å²) in [5, 5.41) is 12.8. The molecule has 1 amide bonds. The summed E-state index contributed by atoms with van der Waals surface area (Å²) in [5.41, 5.74) is 0. The van der Waals surface area contributed by atoms with Crippen LogP contribution in [0.3, 0.4) is 0 Å². The summed E-state index contributed by atoms with van der Waals surface area (Å²) in [7, 11) is 1.53. The third-order valence-electron chi connectivity index (χ3n) is 2.20. The molecule has 1 fully saturated rings. The Morgan fingerprint density at radius 1 is 1.74 bits per heavy atom. The Morgan fingerprint density at radius 3 is 3.05 bits per heavy atom. The van der Waals surface area contributed by atoms with E-state index < -0.39 is 11.1 Å². The molecule has 0 bridgehead atoms. The number of guanidine groups is 1. The number of thiazole rings is 1. The minimum Gasteiger partial charge on any atom is -0.428 e. The van der Waals surface area contributed by atoms with Crippen LogP contribution in [0.15, 0.2) is 11.3 Å². The molecule has 1 aliphatic heterocycles. The van der Waals surface area contributed by atoms with Crippen molar-refractivity contribution >= 4 is 35.0 Å². The molecular weight excluding hydrogens is 298 g/mol. The minimum absolute atomic E-state index is 0.0558. The number of carbonyl (C=O) groups is 1. The number of carbonyl (C=O) groups excluding carboxylic acids is 1. The van der Waals surface area contributed by atoms with Gasteiger partial charge in [-0.3, -0.25) is 0 Å². The Bertz CT molecular complexity index is 547. The molecule has 1 aliphatic rings. The predicted molar refractivity (Wildman–Crippen MR) is 66.2 cm³/mol. The Morgan fingerprint density at radius 2 is 2.47 bits per heavy atom. The van der Waals surface area contributed by atoms with E-state index in [-0.39, 0.29) is 19.2 Å². The van der Waals surface area contributed by atoms with Crippen LogP contribution < -0.4 is 0 Å². The van der Waals surface area contributed by atoms with Crippen molar-refractivity contribution in [1.29, 1.82) is 0 Å². The van der Waals surface area contributed by atoms with Crippen molar-refractivity contribution in [2.45, 2.75) is 6.54 Å². The first-order valence-corrected chi connectivity index (χ1v) is 6.15. The second kappa shape index (κ2) is 5.36. The number of nitrogens with zero attached hydrogens (tertiary/aromatic N) is 5. The Labute approximate surface area is 116 Å². The van der Waals surface area contributed by atoms with Gasteiger partial charge in [-0.1, -0.05) is 11.6 Å². The Balaban J connectivity index is 2.26. The molecule has 1 aromatic rings. The maximum atomic E-state index is 11.7. The first-order chi connectivity index (χ1) is 8.97. The van der Waals surface area contributed by atoms with Crippen LogP contribution in [-0.4, -0.2) is 45.6 Å². The van der Waals surface area contributed by atoms with E-state index in [9.17, 15) is 14.9 Å². The van der Waals surface area contributed by atoms with Gasteiger partial charge in [0.15, 0.2) is 16.2 Å². The number of cyclic esters (lactones) is 1. The fourth-order valence-electron chi connectivity index (χ4n) is 1.43. The molecule has 0 unspecified atom stereocenters. The van der Waals surface area contributed by atoms with Crippen LogP contribution in [0.25, 0.3) is 0 Å². The van der Waals surface area contributed by atoms with Gasteiger partial charge in [-0.05, 0) is 0 Å². The highest BCUT2D eigenvalue weighted by Gasteiger charge is 2.33. The van der Waals surface area contributed by atoms with Crippen molar-refractivity contribution in [1.82, 2.24) is 14.8 Å². The molecule has 102 valence electrons. The largest absolute Gasteiger partial charge is 0.428 e. The van der Waals surface area contributed by atoms with Gasteiger partial charge < -0.3 is 9.64 Å². The normalized spacial score (nSPS) is 17.8. The number of hydrogen-bond acceptors (Lipinski definition) is 6. The number of halogens is 1. The summed E-state index contributed by atoms with van der Waals surface area (Å²) in [6.07, 6.45) is 0.779. The lowest BCUT2D eigenvalue weighted by Gasteiger charge is -2.32. The van der Waals surface area contributed by atoms with Crippen molar-refractivity contribution in [3.63, 3.8) is 0 Å². The fourth-order valence-corrected chi connectivity index (χ4v) is 2.39. The monoisotopic (exact) mass is 305 g/mol. The van der Waals surface area contributed by atoms with Gasteiger partial charge in [0.2, 0.25) is 0 Å². The topological polar surface area (TPSA) is 101 Å². The first kappa shape index (κ1) is 13.5. The summed E-state index contributed by atoms with van der Waals surface area (Å²) < 4.78 is 5.18. The molecule has 0 atom stereocenters. The van der Waals surface area contributed by atoms with E-state index in [0.717, 1.165) is 4.90 Å². The van der Waals surface area contributed by atoms with Crippen LogP contribution in [0.2, 0.25) is 4.47 Å². The van der Waals surface area contributed by atoms with Gasteiger partial charge in [-0.2, -0.15) is 0 Å². The van der Waals surface area contributed by atoms with Gasteiger partial charge in [0, 0.05) is 18.1 Å². The standard InChI is InChI=1S/C8H8ClN5O4S/c1-12-4-18-8(15)13(7(12)11-14(16)17)3-5-2-10-6(9)19-5/h2H,3-4H2,1H3. The first-order valence-electron chi connectivity index (χ1n) is 4.96. The van der Waals surface area contributed by atoms with E-state index in [4.69, 9.17) is 16.3 Å². The maximum Gasteiger partial charge on any atom is 0.418 e. The molecule has 11 heteroatoms. The number of amides is 1. The minimum atomic E-state index is -0.864. The zero-order valence-corrected chi connectivity index (χ0v) is 11.2. The zero-order valence-electron chi connectivity index (χ0n) is 9.65. The van der Waals surface area contributed by atoms with Crippen molar-refractivity contribution in [2.24, 2.45) is 5.10 Å². The van der Waals surface area contributed by atoms with E-state index in [1.54, 1.807) is 0 Å². The molecule has 1 saturated heterocycles. The predicted octanol–water partition coefficient (Wildman–Crippen LogP) is 1.19. The highest BCUT2D eigenvalue weighted by Crippen LogP contribution is 2.21. The molecule has 9 nitrogen and oxygen atoms in total. The fraction of sp³-hybridized carbons (Fsp3) is 0.375. The SMILES string of the molecule is CN1COC(=O)N(Cc2cnc(Cl)s2)C1=N[N+](=O)[O-]. The molecule has 0 radical (unpaired) electrons. The molecule has 0 aliphatic carbocycles. The Hall–Kier alpha value is -1.94. The van der Waals surface area contributed by atoms with Crippen LogP contribution in [-0.2, 0) is 11.3 Å². The van der Waals surface area contributed by atoms with Crippen molar-refractivity contribution in [2.75, 3.05) is 13.8 Å². The summed E-state index contributed by atoms with van der Waals surface area (Å²) in [6.45, 7) is -0.0360. The third-order valence-corrected chi connectivity index (χ3v) is 3.29. The van der Waals surface area contributed by atoms with E-state index >= 15 is 0 Å².